The molecule has 146 valence electrons. The third-order valence-electron chi connectivity index (χ3n) is 3.61. The molecular weight excluding hydrogens is 404 g/mol. The summed E-state index contributed by atoms with van der Waals surface area (Å²) in [6.45, 7) is -0.215. The third kappa shape index (κ3) is 5.59. The van der Waals surface area contributed by atoms with Crippen molar-refractivity contribution in [3.63, 3.8) is 0 Å². The minimum atomic E-state index is -3.76. The number of amides is 1. The van der Waals surface area contributed by atoms with Gasteiger partial charge in [-0.05, 0) is 48.5 Å². The number of furan rings is 1. The van der Waals surface area contributed by atoms with Crippen molar-refractivity contribution in [3.8, 4) is 5.75 Å². The summed E-state index contributed by atoms with van der Waals surface area (Å²) in [5, 5.41) is 3.10. The van der Waals surface area contributed by atoms with E-state index in [4.69, 9.17) is 20.8 Å². The van der Waals surface area contributed by atoms with Crippen LogP contribution in [0, 0.1) is 0 Å². The molecule has 0 radical (unpaired) electrons. The van der Waals surface area contributed by atoms with Gasteiger partial charge in [0.2, 0.25) is 10.0 Å². The monoisotopic (exact) mass is 420 g/mol. The first-order valence-corrected chi connectivity index (χ1v) is 10.1. The van der Waals surface area contributed by atoms with Crippen LogP contribution in [0.25, 0.3) is 0 Å². The average molecular weight is 421 g/mol. The number of nitrogens with one attached hydrogen (secondary N) is 2. The molecule has 2 aromatic carbocycles. The largest absolute Gasteiger partial charge is 0.484 e. The summed E-state index contributed by atoms with van der Waals surface area (Å²) in [7, 11) is -3.76. The zero-order chi connectivity index (χ0) is 20.0. The molecule has 0 atom stereocenters. The second-order valence-corrected chi connectivity index (χ2v) is 7.93. The Morgan fingerprint density at radius 2 is 1.89 bits per heavy atom. The fourth-order valence-corrected chi connectivity index (χ4v) is 3.53. The molecule has 9 heteroatoms. The number of halogens is 1. The van der Waals surface area contributed by atoms with E-state index < -0.39 is 15.9 Å². The molecule has 0 aliphatic rings. The molecule has 0 aliphatic carbocycles. The normalized spacial score (nSPS) is 11.2. The minimum Gasteiger partial charge on any atom is -0.484 e. The fourth-order valence-electron chi connectivity index (χ4n) is 2.31. The van der Waals surface area contributed by atoms with Crippen LogP contribution in [0.1, 0.15) is 5.76 Å². The van der Waals surface area contributed by atoms with E-state index in [1.807, 2.05) is 0 Å². The molecule has 2 N–H and O–H groups in total. The maximum atomic E-state index is 12.4. The van der Waals surface area contributed by atoms with Crippen molar-refractivity contribution in [2.75, 3.05) is 11.9 Å². The summed E-state index contributed by atoms with van der Waals surface area (Å²) in [4.78, 5) is 12.1. The molecular formula is C19H17ClN2O5S. The van der Waals surface area contributed by atoms with Crippen LogP contribution in [0.5, 0.6) is 5.75 Å². The Hall–Kier alpha value is -2.81. The Balaban J connectivity index is 1.59. The number of hydrogen-bond donors (Lipinski definition) is 2. The highest BCUT2D eigenvalue weighted by Crippen LogP contribution is 2.18. The fraction of sp³-hybridized carbons (Fsp3) is 0.105. The molecule has 0 saturated carbocycles. The van der Waals surface area contributed by atoms with E-state index in [9.17, 15) is 13.2 Å². The average Bonchev–Trinajstić information content (AvgIpc) is 3.19. The Morgan fingerprint density at radius 1 is 1.07 bits per heavy atom. The molecule has 0 fully saturated rings. The molecule has 3 aromatic rings. The van der Waals surface area contributed by atoms with E-state index in [2.05, 4.69) is 10.0 Å². The van der Waals surface area contributed by atoms with Crippen molar-refractivity contribution in [2.24, 2.45) is 0 Å². The van der Waals surface area contributed by atoms with Gasteiger partial charge in [-0.2, -0.15) is 0 Å². The summed E-state index contributed by atoms with van der Waals surface area (Å²) < 4.78 is 37.7. The van der Waals surface area contributed by atoms with E-state index in [0.717, 1.165) is 0 Å². The van der Waals surface area contributed by atoms with Crippen molar-refractivity contribution >= 4 is 33.2 Å². The highest BCUT2D eigenvalue weighted by atomic mass is 35.5. The number of benzene rings is 2. The third-order valence-corrected chi connectivity index (χ3v) is 5.24. The van der Waals surface area contributed by atoms with Gasteiger partial charge >= 0.3 is 0 Å². The van der Waals surface area contributed by atoms with E-state index in [1.165, 1.54) is 24.5 Å². The number of sulfonamides is 1. The van der Waals surface area contributed by atoms with Crippen LogP contribution in [0.2, 0.25) is 5.02 Å². The first kappa shape index (κ1) is 19.9. The summed E-state index contributed by atoms with van der Waals surface area (Å²) in [6, 6.07) is 15.9. The molecule has 7 nitrogen and oxygen atoms in total. The second-order valence-electron chi connectivity index (χ2n) is 5.73. The van der Waals surface area contributed by atoms with E-state index in [0.29, 0.717) is 22.2 Å². The topological polar surface area (TPSA) is 97.6 Å². The molecule has 1 amide bonds. The van der Waals surface area contributed by atoms with E-state index in [-0.39, 0.29) is 18.0 Å². The molecule has 28 heavy (non-hydrogen) atoms. The second kappa shape index (κ2) is 8.92. The highest BCUT2D eigenvalue weighted by Gasteiger charge is 2.15. The van der Waals surface area contributed by atoms with Gasteiger partial charge in [0.1, 0.15) is 11.5 Å². The van der Waals surface area contributed by atoms with Gasteiger partial charge in [-0.1, -0.05) is 23.7 Å². The Kier molecular flexibility index (Phi) is 6.35. The van der Waals surface area contributed by atoms with Crippen LogP contribution in [0.3, 0.4) is 0 Å². The molecule has 1 heterocycles. The highest BCUT2D eigenvalue weighted by molar-refractivity contribution is 7.89. The van der Waals surface area contributed by atoms with Gasteiger partial charge in [-0.3, -0.25) is 4.79 Å². The Morgan fingerprint density at radius 3 is 2.64 bits per heavy atom. The van der Waals surface area contributed by atoms with Gasteiger partial charge in [-0.25, -0.2) is 13.1 Å². The Labute approximate surface area is 167 Å². The van der Waals surface area contributed by atoms with Crippen molar-refractivity contribution < 1.29 is 22.4 Å². The van der Waals surface area contributed by atoms with Gasteiger partial charge < -0.3 is 14.5 Å². The Bertz CT molecular complexity index is 1050. The lowest BCUT2D eigenvalue weighted by atomic mass is 10.3. The van der Waals surface area contributed by atoms with Crippen LogP contribution in [0.15, 0.2) is 76.2 Å². The number of carbonyl (C=O) groups excluding carboxylic acids is 1. The number of hydrogen-bond acceptors (Lipinski definition) is 5. The molecule has 0 unspecified atom stereocenters. The van der Waals surface area contributed by atoms with Crippen molar-refractivity contribution in [1.29, 1.82) is 0 Å². The van der Waals surface area contributed by atoms with Crippen molar-refractivity contribution in [1.82, 2.24) is 4.72 Å². The number of ether oxygens (including phenoxy) is 1. The van der Waals surface area contributed by atoms with E-state index >= 15 is 0 Å². The van der Waals surface area contributed by atoms with Crippen LogP contribution in [0.4, 0.5) is 5.69 Å². The number of anilines is 1. The zero-order valence-corrected chi connectivity index (χ0v) is 16.2. The standard InChI is InChI=1S/C19H17ClN2O5S/c20-14-4-1-6-16(10-14)27-13-19(23)22-15-5-2-8-18(11-15)28(24,25)21-12-17-7-3-9-26-17/h1-11,21H,12-13H2,(H,22,23). The molecule has 1 aromatic heterocycles. The van der Waals surface area contributed by atoms with Crippen molar-refractivity contribution in [3.05, 3.63) is 77.7 Å². The molecule has 0 aliphatic heterocycles. The number of rotatable bonds is 8. The van der Waals surface area contributed by atoms with Crippen LogP contribution >= 0.6 is 11.6 Å². The maximum Gasteiger partial charge on any atom is 0.262 e. The van der Waals surface area contributed by atoms with Crippen molar-refractivity contribution in [2.45, 2.75) is 11.4 Å². The molecule has 3 rings (SSSR count). The quantitative estimate of drug-likeness (QED) is 0.581. The lowest BCUT2D eigenvalue weighted by Crippen LogP contribution is -2.24. The maximum absolute atomic E-state index is 12.4. The summed E-state index contributed by atoms with van der Waals surface area (Å²) in [6.07, 6.45) is 1.46. The minimum absolute atomic E-state index is 0.0209. The van der Waals surface area contributed by atoms with Gasteiger partial charge in [0.25, 0.3) is 5.91 Å². The first-order valence-electron chi connectivity index (χ1n) is 8.23. The number of carbonyl (C=O) groups is 1. The summed E-state index contributed by atoms with van der Waals surface area (Å²) in [5.74, 6) is 0.519. The smallest absolute Gasteiger partial charge is 0.262 e. The van der Waals surface area contributed by atoms with E-state index in [1.54, 1.807) is 42.5 Å². The predicted molar refractivity (Wildman–Crippen MR) is 105 cm³/mol. The lowest BCUT2D eigenvalue weighted by molar-refractivity contribution is -0.118. The van der Waals surface area contributed by atoms with Crippen LogP contribution in [-0.2, 0) is 21.4 Å². The van der Waals surface area contributed by atoms with Gasteiger partial charge in [0, 0.05) is 10.7 Å². The zero-order valence-electron chi connectivity index (χ0n) is 14.6. The summed E-state index contributed by atoms with van der Waals surface area (Å²) in [5.41, 5.74) is 0.334. The van der Waals surface area contributed by atoms with Crippen LogP contribution in [-0.4, -0.2) is 20.9 Å². The van der Waals surface area contributed by atoms with Crippen LogP contribution < -0.4 is 14.8 Å². The van der Waals surface area contributed by atoms with Gasteiger partial charge in [-0.15, -0.1) is 0 Å². The van der Waals surface area contributed by atoms with Gasteiger partial charge in [0.05, 0.1) is 17.7 Å². The summed E-state index contributed by atoms with van der Waals surface area (Å²) >= 11 is 5.86. The SMILES string of the molecule is O=C(COc1cccc(Cl)c1)Nc1cccc(S(=O)(=O)NCc2ccco2)c1. The van der Waals surface area contributed by atoms with Gasteiger partial charge in [0.15, 0.2) is 6.61 Å². The lowest BCUT2D eigenvalue weighted by Gasteiger charge is -2.10. The molecule has 0 bridgehead atoms. The molecule has 0 spiro atoms. The first-order chi connectivity index (χ1) is 13.4. The molecule has 0 saturated heterocycles. The predicted octanol–water partition coefficient (Wildman–Crippen LogP) is 3.43.